The van der Waals surface area contributed by atoms with E-state index in [4.69, 9.17) is 149 Å². The molecule has 424 valence electrons. The predicted molar refractivity (Wildman–Crippen MR) is 118 cm³/mol. The molecule has 4 aromatic heterocycles. The summed E-state index contributed by atoms with van der Waals surface area (Å²) >= 11 is 0. The van der Waals surface area contributed by atoms with Crippen LogP contribution >= 0.6 is 0 Å². The van der Waals surface area contributed by atoms with Crippen LogP contribution in [0.2, 0.25) is 0 Å². The number of pyridine rings is 4. The zero-order chi connectivity index (χ0) is 59.3. The molecule has 4 rings (SSSR count). The molecular formula is C24H40Cl8N8O32. The number of nitrogens with one attached hydrogen (secondary N) is 4. The Labute approximate surface area is 418 Å². The average Bonchev–Trinajstić information content (AvgIpc) is 3.15. The van der Waals surface area contributed by atoms with Crippen molar-refractivity contribution in [3.05, 3.63) is 120 Å². The maximum Gasteiger partial charge on any atom is 0.234 e. The zero-order valence-corrected chi connectivity index (χ0v) is 41.0. The van der Waals surface area contributed by atoms with Crippen molar-refractivity contribution >= 4 is 0 Å². The third-order valence-electron chi connectivity index (χ3n) is 4.17. The van der Waals surface area contributed by atoms with Gasteiger partial charge >= 0.3 is 0 Å². The summed E-state index contributed by atoms with van der Waals surface area (Å²) in [6.07, 6.45) is 7.61. The van der Waals surface area contributed by atoms with E-state index >= 15 is 0 Å². The number of halogens is 8. The molecule has 72 heavy (non-hydrogen) atoms. The van der Waals surface area contributed by atoms with Gasteiger partial charge in [0.05, 0.1) is 0 Å². The van der Waals surface area contributed by atoms with E-state index in [0.717, 1.165) is 26.2 Å². The van der Waals surface area contributed by atoms with Gasteiger partial charge in [0.25, 0.3) is 0 Å². The second-order valence-electron chi connectivity index (χ2n) is 9.57. The highest BCUT2D eigenvalue weighted by Crippen LogP contribution is 1.83. The van der Waals surface area contributed by atoms with Gasteiger partial charge in [-0.25, -0.2) is 169 Å². The fourth-order valence-electron chi connectivity index (χ4n) is 2.34. The molecule has 0 bridgehead atoms. The molecule has 0 atom stereocenters. The van der Waals surface area contributed by atoms with Crippen molar-refractivity contribution in [3.8, 4) is 0 Å². The van der Waals surface area contributed by atoms with Gasteiger partial charge in [-0.1, -0.05) is 0 Å². The Bertz CT molecular complexity index is 1360. The smallest absolute Gasteiger partial charge is 0.234 e. The summed E-state index contributed by atoms with van der Waals surface area (Å²) in [7, 11) is -39.6. The molecule has 0 aromatic carbocycles. The van der Waals surface area contributed by atoms with Gasteiger partial charge in [0, 0.05) is 48.5 Å². The molecular weight excluding hydrogens is 1200 g/mol. The first-order valence-electron chi connectivity index (χ1n) is 15.7. The van der Waals surface area contributed by atoms with E-state index in [-0.39, 0.29) is 0 Å². The second kappa shape index (κ2) is 47.0. The number of hydrogen-bond acceptors (Lipinski definition) is 32. The molecule has 0 fully saturated rings. The van der Waals surface area contributed by atoms with Crippen LogP contribution in [0.1, 0.15) is 22.8 Å². The van der Waals surface area contributed by atoms with E-state index in [1.54, 1.807) is 0 Å². The van der Waals surface area contributed by atoms with Crippen molar-refractivity contribution in [3.63, 3.8) is 0 Å². The Balaban J connectivity index is -0.000000104. The fourth-order valence-corrected chi connectivity index (χ4v) is 2.34. The van der Waals surface area contributed by atoms with Gasteiger partial charge in [0.15, 0.2) is 51.0 Å². The molecule has 40 nitrogen and oxygen atoms in total. The van der Waals surface area contributed by atoms with Crippen LogP contribution in [0.4, 0.5) is 0 Å². The highest BCUT2D eigenvalue weighted by Gasteiger charge is 1.95. The number of quaternary nitrogens is 4. The Kier molecular flexibility index (Phi) is 56.2. The number of H-pyrrole nitrogens is 4. The molecule has 4 heterocycles. The van der Waals surface area contributed by atoms with Gasteiger partial charge in [0.2, 0.25) is 22.8 Å². The third-order valence-corrected chi connectivity index (χ3v) is 4.17. The molecule has 0 radical (unpaired) electrons. The lowest BCUT2D eigenvalue weighted by Gasteiger charge is -2.17. The summed E-state index contributed by atoms with van der Waals surface area (Å²) in [6, 6.07) is 23.9. The van der Waals surface area contributed by atoms with Crippen LogP contribution in [0, 0.1) is 81.9 Å². The van der Waals surface area contributed by atoms with Gasteiger partial charge in [-0.3, -0.25) is 0 Å². The second-order valence-corrected chi connectivity index (χ2v) is 15.6. The third kappa shape index (κ3) is 212. The van der Waals surface area contributed by atoms with Crippen LogP contribution in [0.3, 0.4) is 0 Å². The maximum atomic E-state index is 8.49. The predicted octanol–water partition coefficient (Wildman–Crippen LogP) is -41.1. The minimum Gasteiger partial charge on any atom is -0.349 e. The molecule has 0 unspecified atom stereocenters. The van der Waals surface area contributed by atoms with Gasteiger partial charge in [0.1, 0.15) is 0 Å². The molecule has 48 heteroatoms. The summed E-state index contributed by atoms with van der Waals surface area (Å²) in [4.78, 5) is 12.2. The molecule has 0 aliphatic rings. The van der Waals surface area contributed by atoms with Crippen molar-refractivity contribution in [2.75, 3.05) is 0 Å². The van der Waals surface area contributed by atoms with Crippen LogP contribution in [0.25, 0.3) is 0 Å². The topological polar surface area (TPSA) is 905 Å². The van der Waals surface area contributed by atoms with E-state index in [9.17, 15) is 0 Å². The summed E-state index contributed by atoms with van der Waals surface area (Å²) in [5, 5.41) is 0. The highest BCUT2D eigenvalue weighted by atomic mass is 35.7. The van der Waals surface area contributed by atoms with Crippen LogP contribution in [0.15, 0.2) is 97.6 Å². The molecule has 0 saturated heterocycles. The average molecular weight is 1240 g/mol. The standard InChI is InChI=1S/4C6H8N2.8ClHO4/c4*7-5-6-3-1-2-4-8-6;8*2-1(3,4)5/h4*1-4H,5,7H2;8*(H,2,3,4,5). The summed E-state index contributed by atoms with van der Waals surface area (Å²) < 4.78 is 272. The molecule has 0 aliphatic carbocycles. The molecule has 4 aromatic rings. The van der Waals surface area contributed by atoms with Crippen molar-refractivity contribution in [1.82, 2.24) is 0 Å². The van der Waals surface area contributed by atoms with Crippen molar-refractivity contribution in [2.24, 2.45) is 0 Å². The largest absolute Gasteiger partial charge is 0.349 e. The molecule has 0 aliphatic heterocycles. The summed E-state index contributed by atoms with van der Waals surface area (Å²) in [5.41, 5.74) is 19.6. The monoisotopic (exact) mass is 1230 g/mol. The number of rotatable bonds is 4. The first-order chi connectivity index (χ1) is 31.7. The molecule has 0 spiro atoms. The Morgan fingerprint density at radius 3 is 0.361 bits per heavy atom. The first-order valence-corrected chi connectivity index (χ1v) is 25.5. The van der Waals surface area contributed by atoms with Crippen molar-refractivity contribution in [2.45, 2.75) is 26.2 Å². The first kappa shape index (κ1) is 86.2. The maximum absolute atomic E-state index is 8.49. The van der Waals surface area contributed by atoms with Gasteiger partial charge < -0.3 is 22.9 Å². The van der Waals surface area contributed by atoms with E-state index in [1.165, 1.54) is 22.8 Å². The van der Waals surface area contributed by atoms with Gasteiger partial charge in [-0.05, 0) is 24.3 Å². The minimum absolute atomic E-state index is 0.834. The van der Waals surface area contributed by atoms with E-state index in [1.807, 2.05) is 97.6 Å². The number of aromatic amines is 4. The Morgan fingerprint density at radius 2 is 0.319 bits per heavy atom. The Hall–Kier alpha value is -2.52. The number of hydrogen-bond donors (Lipinski definition) is 4. The lowest BCUT2D eigenvalue weighted by Crippen LogP contribution is -2.68. The van der Waals surface area contributed by atoms with E-state index in [0.29, 0.717) is 0 Å². The van der Waals surface area contributed by atoms with Crippen LogP contribution in [-0.4, -0.2) is 0 Å². The lowest BCUT2D eigenvalue weighted by molar-refractivity contribution is -2.00. The highest BCUT2D eigenvalue weighted by molar-refractivity contribution is 4.95. The van der Waals surface area contributed by atoms with Gasteiger partial charge in [-0.15, -0.1) is 81.9 Å². The normalized spacial score (nSPS) is 10.7. The zero-order valence-electron chi connectivity index (χ0n) is 35.0. The van der Waals surface area contributed by atoms with Crippen LogP contribution < -0.4 is 192 Å². The van der Waals surface area contributed by atoms with Crippen LogP contribution in [0.5, 0.6) is 0 Å². The van der Waals surface area contributed by atoms with Gasteiger partial charge in [-0.2, -0.15) is 0 Å². The van der Waals surface area contributed by atoms with E-state index < -0.39 is 81.9 Å². The quantitative estimate of drug-likeness (QED) is 0.147. The molecule has 16 N–H and O–H groups in total. The Morgan fingerprint density at radius 1 is 0.222 bits per heavy atom. The van der Waals surface area contributed by atoms with E-state index in [2.05, 4.69) is 42.9 Å². The van der Waals surface area contributed by atoms with Crippen LogP contribution in [-0.2, 0) is 26.2 Å². The van der Waals surface area contributed by atoms with Crippen molar-refractivity contribution in [1.29, 1.82) is 0 Å². The summed E-state index contributed by atoms with van der Waals surface area (Å²) in [6.45, 7) is 3.34. The lowest BCUT2D eigenvalue weighted by atomic mass is 10.4. The molecule has 0 amide bonds. The number of aromatic nitrogens is 4. The van der Waals surface area contributed by atoms with Crippen molar-refractivity contribution < 1.29 is 274 Å². The minimum atomic E-state index is -4.94. The summed E-state index contributed by atoms with van der Waals surface area (Å²) in [5.74, 6) is 0. The fraction of sp³-hybridized carbons (Fsp3) is 0.167. The SMILES string of the molecule is [NH3+]Cc1cccc[nH+]1.[NH3+]Cc1cccc[nH+]1.[NH3+]Cc1cccc[nH+]1.[NH3+]Cc1cccc[nH+]1.[O-][Cl+3]([O-])([O-])[O-].[O-][Cl+3]([O-])([O-])[O-].[O-][Cl+3]([O-])([O-])[O-].[O-][Cl+3]([O-])([O-])[O-].[O-][Cl+3]([O-])([O-])[O-].[O-][Cl+3]([O-])([O-])[O-].[O-][Cl+3]([O-])([O-])[O-].[O-][Cl+3]([O-])([O-])[O-]. The molecule has 0 saturated carbocycles.